The third-order valence-corrected chi connectivity index (χ3v) is 14.3. The average molecular weight is 933 g/mol. The van der Waals surface area contributed by atoms with E-state index in [9.17, 15) is 0 Å². The molecule has 1 heteroatoms. The Morgan fingerprint density at radius 3 is 1.55 bits per heavy atom. The molecule has 0 N–H and O–H groups in total. The molecule has 1 nitrogen and oxygen atoms in total. The highest BCUT2D eigenvalue weighted by atomic mass is 16.3. The third kappa shape index (κ3) is 11.3. The van der Waals surface area contributed by atoms with Crippen molar-refractivity contribution in [3.05, 3.63) is 250 Å². The molecule has 0 radical (unpaired) electrons. The van der Waals surface area contributed by atoms with Gasteiger partial charge in [-0.05, 0) is 150 Å². The lowest BCUT2D eigenvalue weighted by Gasteiger charge is -2.43. The van der Waals surface area contributed by atoms with Gasteiger partial charge >= 0.3 is 0 Å². The third-order valence-electron chi connectivity index (χ3n) is 14.3. The van der Waals surface area contributed by atoms with E-state index in [2.05, 4.69) is 207 Å². The second-order valence-corrected chi connectivity index (χ2v) is 19.4. The zero-order valence-corrected chi connectivity index (χ0v) is 44.7. The van der Waals surface area contributed by atoms with Gasteiger partial charge in [0.05, 0.1) is 0 Å². The zero-order valence-electron chi connectivity index (χ0n) is 44.7. The quantitative estimate of drug-likeness (QED) is 0.160. The lowest BCUT2D eigenvalue weighted by molar-refractivity contribution is 0.343. The minimum Gasteiger partial charge on any atom is -0.456 e. The van der Waals surface area contributed by atoms with E-state index in [-0.39, 0.29) is 5.41 Å². The molecule has 1 heterocycles. The molecular formula is C70H76O. The van der Waals surface area contributed by atoms with Gasteiger partial charge in [0.15, 0.2) is 0 Å². The predicted octanol–water partition coefficient (Wildman–Crippen LogP) is 20.6. The van der Waals surface area contributed by atoms with E-state index in [1.807, 2.05) is 70.2 Å². The molecular weight excluding hydrogens is 857 g/mol. The van der Waals surface area contributed by atoms with E-state index in [1.54, 1.807) is 11.1 Å². The van der Waals surface area contributed by atoms with Crippen LogP contribution in [0, 0.1) is 34.6 Å². The van der Waals surface area contributed by atoms with Crippen LogP contribution in [-0.4, -0.2) is 0 Å². The van der Waals surface area contributed by atoms with Crippen LogP contribution in [0.2, 0.25) is 0 Å². The topological polar surface area (TPSA) is 13.1 Å². The highest BCUT2D eigenvalue weighted by molar-refractivity contribution is 6.05. The molecule has 10 aromatic rings. The Labute approximate surface area is 426 Å². The second kappa shape index (κ2) is 23.8. The number of rotatable bonds is 1. The molecule has 1 saturated carbocycles. The van der Waals surface area contributed by atoms with E-state index in [0.717, 1.165) is 29.4 Å². The monoisotopic (exact) mass is 933 g/mol. The molecule has 3 aliphatic rings. The van der Waals surface area contributed by atoms with Gasteiger partial charge in [0.1, 0.15) is 11.2 Å². The van der Waals surface area contributed by atoms with Crippen LogP contribution in [0.3, 0.4) is 0 Å². The van der Waals surface area contributed by atoms with E-state index in [1.165, 1.54) is 101 Å². The van der Waals surface area contributed by atoms with Gasteiger partial charge in [-0.1, -0.05) is 247 Å². The maximum atomic E-state index is 5.73. The van der Waals surface area contributed by atoms with Gasteiger partial charge in [-0.25, -0.2) is 0 Å². The maximum absolute atomic E-state index is 5.73. The first-order valence-corrected chi connectivity index (χ1v) is 26.3. The molecule has 3 aliphatic carbocycles. The first-order chi connectivity index (χ1) is 34.5. The van der Waals surface area contributed by atoms with Gasteiger partial charge in [0.25, 0.3) is 0 Å². The summed E-state index contributed by atoms with van der Waals surface area (Å²) in [5.74, 6) is 1.58. The molecule has 9 aromatic carbocycles. The molecule has 1 fully saturated rings. The molecule has 0 amide bonds. The summed E-state index contributed by atoms with van der Waals surface area (Å²) >= 11 is 0. The highest BCUT2D eigenvalue weighted by Gasteiger charge is 2.40. The molecule has 13 rings (SSSR count). The first-order valence-electron chi connectivity index (χ1n) is 26.3. The van der Waals surface area contributed by atoms with Crippen molar-refractivity contribution in [3.63, 3.8) is 0 Å². The summed E-state index contributed by atoms with van der Waals surface area (Å²) in [4.78, 5) is 0. The maximum Gasteiger partial charge on any atom is 0.135 e. The Bertz CT molecular complexity index is 3310. The summed E-state index contributed by atoms with van der Waals surface area (Å²) in [6.45, 7) is 25.6. The SMILES string of the molecule is CC.CC.CCc1ccccc1.Cc1ccc2c(c1)C(C)(C)c1cc(C)c3ccccc3c1-2.Cc1ccc2c(c1)C1CCC1c1ccccc1-2.Cc1ccc2c(c1)oc1ccccc12.Cc1ccccc1. The van der Waals surface area contributed by atoms with Crippen LogP contribution in [0.1, 0.15) is 129 Å². The van der Waals surface area contributed by atoms with Crippen LogP contribution in [0.4, 0.5) is 0 Å². The molecule has 0 spiro atoms. The Morgan fingerprint density at radius 2 is 0.915 bits per heavy atom. The van der Waals surface area contributed by atoms with Gasteiger partial charge in [-0.2, -0.15) is 0 Å². The van der Waals surface area contributed by atoms with Gasteiger partial charge in [0.2, 0.25) is 0 Å². The van der Waals surface area contributed by atoms with E-state index < -0.39 is 0 Å². The number of benzene rings is 9. The fraction of sp³-hybridized carbons (Fsp3) is 0.257. The summed E-state index contributed by atoms with van der Waals surface area (Å²) in [5, 5.41) is 5.16. The molecule has 362 valence electrons. The molecule has 2 unspecified atom stereocenters. The Balaban J connectivity index is 0.000000134. The molecule has 71 heavy (non-hydrogen) atoms. The van der Waals surface area contributed by atoms with Crippen LogP contribution >= 0.6 is 0 Å². The van der Waals surface area contributed by atoms with Crippen molar-refractivity contribution in [1.29, 1.82) is 0 Å². The van der Waals surface area contributed by atoms with Crippen molar-refractivity contribution in [3.8, 4) is 22.3 Å². The van der Waals surface area contributed by atoms with Crippen LogP contribution in [0.15, 0.2) is 199 Å². The van der Waals surface area contributed by atoms with Gasteiger partial charge < -0.3 is 4.42 Å². The number of hydrogen-bond acceptors (Lipinski definition) is 1. The largest absolute Gasteiger partial charge is 0.456 e. The molecule has 0 bridgehead atoms. The van der Waals surface area contributed by atoms with Crippen LogP contribution < -0.4 is 0 Å². The van der Waals surface area contributed by atoms with Gasteiger partial charge in [-0.15, -0.1) is 0 Å². The number of fused-ring (bicyclic) bond motifs is 14. The van der Waals surface area contributed by atoms with Crippen molar-refractivity contribution < 1.29 is 4.42 Å². The Morgan fingerprint density at radius 1 is 0.408 bits per heavy atom. The second-order valence-electron chi connectivity index (χ2n) is 19.4. The lowest BCUT2D eigenvalue weighted by Crippen LogP contribution is -2.26. The standard InChI is InChI=1S/C21H20.C17H16.C13H10O.C8H10.C7H8.2C2H6/c1-13-9-10-17-18(11-13)21(3,4)19-12-14(2)15-7-5-6-8-16(15)20(17)19;1-11-6-7-15-13-5-3-2-4-12(13)14-8-9-16(14)17(15)10-11;1-9-6-7-11-10-4-2-3-5-12(10)14-13(11)8-9;1-2-8-6-4-3-5-7-8;1-7-5-3-2-4-6-7;2*1-2/h5-12H,1-4H3;2-7,10,14,16H,8-9H2,1H3;2-8H,1H3;3-7H,2H2,1H3;2-6H,1H3;2*1-2H3. The molecule has 1 aromatic heterocycles. The zero-order chi connectivity index (χ0) is 50.7. The summed E-state index contributed by atoms with van der Waals surface area (Å²) in [5.41, 5.74) is 22.0. The summed E-state index contributed by atoms with van der Waals surface area (Å²) < 4.78 is 5.73. The van der Waals surface area contributed by atoms with Crippen molar-refractivity contribution in [2.24, 2.45) is 0 Å². The first kappa shape index (κ1) is 51.9. The van der Waals surface area contributed by atoms with Crippen molar-refractivity contribution in [2.45, 2.75) is 120 Å². The number of aryl methyl sites for hydroxylation is 6. The van der Waals surface area contributed by atoms with Crippen molar-refractivity contribution in [2.75, 3.05) is 0 Å². The lowest BCUT2D eigenvalue weighted by atomic mass is 9.61. The Kier molecular flexibility index (Phi) is 17.4. The molecule has 0 saturated heterocycles. The average Bonchev–Trinajstić information content (AvgIpc) is 3.86. The normalized spacial score (nSPS) is 14.5. The van der Waals surface area contributed by atoms with Gasteiger partial charge in [0, 0.05) is 16.2 Å². The van der Waals surface area contributed by atoms with Gasteiger partial charge in [-0.3, -0.25) is 0 Å². The summed E-state index contributed by atoms with van der Waals surface area (Å²) in [6, 6.07) is 69.2. The fourth-order valence-corrected chi connectivity index (χ4v) is 10.5. The van der Waals surface area contributed by atoms with E-state index in [0.29, 0.717) is 0 Å². The molecule has 0 aliphatic heterocycles. The molecule has 2 atom stereocenters. The van der Waals surface area contributed by atoms with Crippen LogP contribution in [0.25, 0.3) is 55.0 Å². The van der Waals surface area contributed by atoms with E-state index >= 15 is 0 Å². The highest BCUT2D eigenvalue weighted by Crippen LogP contribution is 2.57. The number of para-hydroxylation sites is 1. The number of hydrogen-bond donors (Lipinski definition) is 0. The summed E-state index contributed by atoms with van der Waals surface area (Å²) in [6.07, 6.45) is 3.88. The number of furan rings is 1. The fourth-order valence-electron chi connectivity index (χ4n) is 10.5. The smallest absolute Gasteiger partial charge is 0.135 e. The van der Waals surface area contributed by atoms with Crippen LogP contribution in [-0.2, 0) is 11.8 Å². The Hall–Kier alpha value is -6.96. The summed E-state index contributed by atoms with van der Waals surface area (Å²) in [7, 11) is 0. The minimum atomic E-state index is 0.0888. The van der Waals surface area contributed by atoms with Crippen molar-refractivity contribution >= 4 is 32.7 Å². The predicted molar refractivity (Wildman–Crippen MR) is 310 cm³/mol. The minimum absolute atomic E-state index is 0.0888. The van der Waals surface area contributed by atoms with E-state index in [4.69, 9.17) is 4.42 Å². The van der Waals surface area contributed by atoms with Crippen molar-refractivity contribution in [1.82, 2.24) is 0 Å². The van der Waals surface area contributed by atoms with Crippen LogP contribution in [0.5, 0.6) is 0 Å².